The van der Waals surface area contributed by atoms with E-state index in [1.807, 2.05) is 12.1 Å². The minimum absolute atomic E-state index is 0.405. The number of allylic oxidation sites excluding steroid dienone is 1. The van der Waals surface area contributed by atoms with E-state index in [1.165, 1.54) is 24.8 Å². The van der Waals surface area contributed by atoms with Crippen LogP contribution in [-0.4, -0.2) is 0 Å². The molecule has 1 aromatic rings. The third kappa shape index (κ3) is 1.83. The average molecular weight is 247 g/mol. The van der Waals surface area contributed by atoms with Crippen molar-refractivity contribution in [1.82, 2.24) is 0 Å². The highest BCUT2D eigenvalue weighted by molar-refractivity contribution is 6.30. The Morgan fingerprint density at radius 2 is 1.88 bits per heavy atom. The minimum atomic E-state index is 0.405. The fourth-order valence-electron chi connectivity index (χ4n) is 3.72. The van der Waals surface area contributed by atoms with Gasteiger partial charge in [0.2, 0.25) is 0 Å². The van der Waals surface area contributed by atoms with Gasteiger partial charge in [0.15, 0.2) is 0 Å². The van der Waals surface area contributed by atoms with E-state index in [-0.39, 0.29) is 0 Å². The van der Waals surface area contributed by atoms with Crippen molar-refractivity contribution in [2.24, 2.45) is 17.3 Å². The lowest BCUT2D eigenvalue weighted by Crippen LogP contribution is -2.22. The number of rotatable bonds is 1. The third-order valence-electron chi connectivity index (χ3n) is 4.83. The molecule has 3 rings (SSSR count). The Bertz CT molecular complexity index is 453. The number of benzene rings is 1. The molecular formula is C16H19Cl. The summed E-state index contributed by atoms with van der Waals surface area (Å²) in [5.41, 5.74) is 3.36. The van der Waals surface area contributed by atoms with Gasteiger partial charge in [0.25, 0.3) is 0 Å². The molecule has 2 saturated carbocycles. The molecule has 2 aliphatic rings. The summed E-state index contributed by atoms with van der Waals surface area (Å²) in [6.07, 6.45) is 6.63. The van der Waals surface area contributed by atoms with E-state index in [0.29, 0.717) is 5.41 Å². The van der Waals surface area contributed by atoms with E-state index in [4.69, 9.17) is 11.6 Å². The highest BCUT2D eigenvalue weighted by Crippen LogP contribution is 2.59. The lowest BCUT2D eigenvalue weighted by molar-refractivity contribution is 0.290. The zero-order chi connectivity index (χ0) is 12.0. The number of hydrogen-bond donors (Lipinski definition) is 0. The second kappa shape index (κ2) is 3.88. The van der Waals surface area contributed by atoms with Crippen LogP contribution < -0.4 is 0 Å². The van der Waals surface area contributed by atoms with Crippen LogP contribution in [0.1, 0.15) is 38.7 Å². The second-order valence-electron chi connectivity index (χ2n) is 6.08. The predicted molar refractivity (Wildman–Crippen MR) is 74.0 cm³/mol. The van der Waals surface area contributed by atoms with Crippen molar-refractivity contribution >= 4 is 17.7 Å². The van der Waals surface area contributed by atoms with Crippen molar-refractivity contribution in [1.29, 1.82) is 0 Å². The molecule has 2 aliphatic carbocycles. The fraction of sp³-hybridized carbons (Fsp3) is 0.500. The van der Waals surface area contributed by atoms with E-state index < -0.39 is 0 Å². The Morgan fingerprint density at radius 1 is 1.18 bits per heavy atom. The van der Waals surface area contributed by atoms with Crippen molar-refractivity contribution in [3.8, 4) is 0 Å². The third-order valence-corrected chi connectivity index (χ3v) is 5.08. The summed E-state index contributed by atoms with van der Waals surface area (Å²) in [5.74, 6) is 1.75. The SMILES string of the molecule is CC1(C)/C(=C/c2ccc(Cl)cc2)[C@H]2CC[C@@H]1C2. The quantitative estimate of drug-likeness (QED) is 0.641. The molecule has 2 bridgehead atoms. The first kappa shape index (κ1) is 11.3. The lowest BCUT2D eigenvalue weighted by atomic mass is 9.72. The Balaban J connectivity index is 1.96. The highest BCUT2D eigenvalue weighted by atomic mass is 35.5. The van der Waals surface area contributed by atoms with Crippen molar-refractivity contribution in [2.45, 2.75) is 33.1 Å². The van der Waals surface area contributed by atoms with E-state index >= 15 is 0 Å². The zero-order valence-corrected chi connectivity index (χ0v) is 11.3. The maximum Gasteiger partial charge on any atom is 0.0406 e. The van der Waals surface area contributed by atoms with Crippen molar-refractivity contribution in [2.75, 3.05) is 0 Å². The van der Waals surface area contributed by atoms with Crippen LogP contribution in [0.3, 0.4) is 0 Å². The molecule has 1 aromatic carbocycles. The normalized spacial score (nSPS) is 32.3. The first-order chi connectivity index (χ1) is 8.07. The summed E-state index contributed by atoms with van der Waals surface area (Å²) >= 11 is 5.93. The van der Waals surface area contributed by atoms with Crippen LogP contribution in [0.25, 0.3) is 6.08 Å². The van der Waals surface area contributed by atoms with Crippen LogP contribution >= 0.6 is 11.6 Å². The van der Waals surface area contributed by atoms with Gasteiger partial charge in [-0.25, -0.2) is 0 Å². The highest BCUT2D eigenvalue weighted by Gasteiger charge is 2.48. The molecule has 0 unspecified atom stereocenters. The minimum Gasteiger partial charge on any atom is -0.0843 e. The summed E-state index contributed by atoms with van der Waals surface area (Å²) in [7, 11) is 0. The monoisotopic (exact) mass is 246 g/mol. The predicted octanol–water partition coefficient (Wildman–Crippen LogP) is 5.18. The van der Waals surface area contributed by atoms with Gasteiger partial charge in [-0.05, 0) is 54.2 Å². The van der Waals surface area contributed by atoms with Crippen LogP contribution in [0.5, 0.6) is 0 Å². The average Bonchev–Trinajstić information content (AvgIpc) is 2.84. The van der Waals surface area contributed by atoms with Crippen LogP contribution in [0.2, 0.25) is 5.02 Å². The fourth-order valence-corrected chi connectivity index (χ4v) is 3.85. The summed E-state index contributed by atoms with van der Waals surface area (Å²) in [6, 6.07) is 8.21. The van der Waals surface area contributed by atoms with Gasteiger partial charge in [-0.3, -0.25) is 0 Å². The summed E-state index contributed by atoms with van der Waals surface area (Å²) in [6.45, 7) is 4.83. The molecule has 0 saturated heterocycles. The van der Waals surface area contributed by atoms with Crippen LogP contribution in [0.15, 0.2) is 29.8 Å². The van der Waals surface area contributed by atoms with E-state index in [9.17, 15) is 0 Å². The van der Waals surface area contributed by atoms with Crippen molar-refractivity contribution < 1.29 is 0 Å². The molecule has 90 valence electrons. The Morgan fingerprint density at radius 3 is 2.47 bits per heavy atom. The largest absolute Gasteiger partial charge is 0.0843 e. The number of hydrogen-bond acceptors (Lipinski definition) is 0. The first-order valence-electron chi connectivity index (χ1n) is 6.55. The van der Waals surface area contributed by atoms with Crippen LogP contribution in [-0.2, 0) is 0 Å². The molecule has 0 N–H and O–H groups in total. The topological polar surface area (TPSA) is 0 Å². The van der Waals surface area contributed by atoms with Crippen LogP contribution in [0.4, 0.5) is 0 Å². The number of halogens is 1. The molecule has 0 heterocycles. The number of fused-ring (bicyclic) bond motifs is 2. The van der Waals surface area contributed by atoms with Crippen molar-refractivity contribution in [3.63, 3.8) is 0 Å². The van der Waals surface area contributed by atoms with E-state index in [0.717, 1.165) is 16.9 Å². The molecule has 0 spiro atoms. The standard InChI is InChI=1S/C16H19Cl/c1-16(2)13-6-5-12(10-13)15(16)9-11-3-7-14(17)8-4-11/h3-4,7-9,12-13H,5-6,10H2,1-2H3/b15-9+/t12-,13+/m0/s1. The Hall–Kier alpha value is -0.750. The summed E-state index contributed by atoms with van der Waals surface area (Å²) in [4.78, 5) is 0. The molecule has 0 aromatic heterocycles. The maximum absolute atomic E-state index is 5.93. The van der Waals surface area contributed by atoms with Gasteiger partial charge < -0.3 is 0 Å². The second-order valence-corrected chi connectivity index (χ2v) is 6.52. The maximum atomic E-state index is 5.93. The van der Waals surface area contributed by atoms with E-state index in [1.54, 1.807) is 5.57 Å². The van der Waals surface area contributed by atoms with Gasteiger partial charge >= 0.3 is 0 Å². The molecule has 1 heteroatoms. The Labute approximate surface area is 109 Å². The molecule has 17 heavy (non-hydrogen) atoms. The van der Waals surface area contributed by atoms with Gasteiger partial charge in [-0.1, -0.05) is 49.2 Å². The molecule has 2 fully saturated rings. The van der Waals surface area contributed by atoms with Gasteiger partial charge in [0.1, 0.15) is 0 Å². The van der Waals surface area contributed by atoms with Gasteiger partial charge in [-0.2, -0.15) is 0 Å². The molecule has 0 radical (unpaired) electrons. The van der Waals surface area contributed by atoms with Gasteiger partial charge in [0.05, 0.1) is 0 Å². The lowest BCUT2D eigenvalue weighted by Gasteiger charge is -2.33. The summed E-state index contributed by atoms with van der Waals surface area (Å²) in [5, 5.41) is 0.819. The summed E-state index contributed by atoms with van der Waals surface area (Å²) < 4.78 is 0. The first-order valence-corrected chi connectivity index (χ1v) is 6.93. The molecule has 0 amide bonds. The van der Waals surface area contributed by atoms with Crippen molar-refractivity contribution in [3.05, 3.63) is 40.4 Å². The van der Waals surface area contributed by atoms with Crippen LogP contribution in [0, 0.1) is 17.3 Å². The smallest absolute Gasteiger partial charge is 0.0406 e. The van der Waals surface area contributed by atoms with Gasteiger partial charge in [0, 0.05) is 5.02 Å². The Kier molecular flexibility index (Phi) is 2.59. The zero-order valence-electron chi connectivity index (χ0n) is 10.5. The molecule has 2 atom stereocenters. The van der Waals surface area contributed by atoms with Gasteiger partial charge in [-0.15, -0.1) is 0 Å². The molecule has 0 aliphatic heterocycles. The molecule has 0 nitrogen and oxygen atoms in total. The van der Waals surface area contributed by atoms with E-state index in [2.05, 4.69) is 32.1 Å². The molecular weight excluding hydrogens is 228 g/mol.